The molecule has 2 rings (SSSR count). The van der Waals surface area contributed by atoms with E-state index in [1.54, 1.807) is 0 Å². The fourth-order valence-corrected chi connectivity index (χ4v) is 1.97. The number of allylic oxidation sites excluding steroid dienone is 2. The van der Waals surface area contributed by atoms with E-state index in [4.69, 9.17) is 5.39 Å². The molecule has 0 aromatic heterocycles. The van der Waals surface area contributed by atoms with Gasteiger partial charge in [-0.15, -0.1) is 0 Å². The van der Waals surface area contributed by atoms with E-state index in [1.165, 1.54) is 0 Å². The summed E-state index contributed by atoms with van der Waals surface area (Å²) in [4.78, 5) is 2.84. The van der Waals surface area contributed by atoms with Crippen molar-refractivity contribution in [2.24, 2.45) is 0 Å². The van der Waals surface area contributed by atoms with Crippen molar-refractivity contribution in [2.45, 2.75) is 19.3 Å². The van der Waals surface area contributed by atoms with Gasteiger partial charge in [-0.3, -0.25) is 0 Å². The van der Waals surface area contributed by atoms with Crippen LogP contribution in [-0.4, -0.2) is 5.11 Å². The van der Waals surface area contributed by atoms with E-state index in [-0.39, 0.29) is 5.76 Å². The summed E-state index contributed by atoms with van der Waals surface area (Å²) in [6.45, 7) is 0. The third-order valence-electron chi connectivity index (χ3n) is 2.84. The minimum Gasteiger partial charge on any atom is -0.502 e. The van der Waals surface area contributed by atoms with Gasteiger partial charge in [-0.1, -0.05) is 30.0 Å². The molecule has 1 aliphatic rings. The molecule has 0 amide bonds. The Balaban J connectivity index is 2.28. The molecule has 1 aromatic rings. The Morgan fingerprint density at radius 2 is 2.00 bits per heavy atom. The third kappa shape index (κ3) is 2.78. The van der Waals surface area contributed by atoms with E-state index < -0.39 is 0 Å². The van der Waals surface area contributed by atoms with E-state index >= 15 is 0 Å². The smallest absolute Gasteiger partial charge is 0.391 e. The van der Waals surface area contributed by atoms with E-state index in [1.807, 2.05) is 30.3 Å². The van der Waals surface area contributed by atoms with Crippen molar-refractivity contribution in [1.29, 1.82) is 5.39 Å². The number of aliphatic hydroxyl groups excluding tert-OH is 1. The molecule has 0 heterocycles. The fraction of sp³-hybridized carbons (Fsp3) is 0.200. The number of nitrogens with zero attached hydrogens (tertiary/aromatic N) is 2. The van der Waals surface area contributed by atoms with Crippen molar-refractivity contribution in [2.75, 3.05) is 0 Å². The van der Waals surface area contributed by atoms with Gasteiger partial charge in [-0.05, 0) is 31.4 Å². The summed E-state index contributed by atoms with van der Waals surface area (Å²) >= 11 is 0. The zero-order valence-corrected chi connectivity index (χ0v) is 9.93. The molecule has 3 nitrogen and oxygen atoms in total. The Bertz CT molecular complexity index is 595. The number of hydrogen-bond donors (Lipinski definition) is 1. The summed E-state index contributed by atoms with van der Waals surface area (Å²) in [5.41, 5.74) is 2.67. The second-order valence-corrected chi connectivity index (χ2v) is 4.06. The van der Waals surface area contributed by atoms with Crippen molar-refractivity contribution < 1.29 is 5.11 Å². The number of aliphatic hydroxyl groups is 1. The highest BCUT2D eigenvalue weighted by Crippen LogP contribution is 2.29. The van der Waals surface area contributed by atoms with Gasteiger partial charge in [-0.25, -0.2) is 0 Å². The molecular formula is C15H13N2O+. The average molecular weight is 237 g/mol. The van der Waals surface area contributed by atoms with Crippen LogP contribution in [0, 0.1) is 17.2 Å². The van der Waals surface area contributed by atoms with Crippen LogP contribution in [0.1, 0.15) is 24.8 Å². The van der Waals surface area contributed by atoms with Crippen LogP contribution >= 0.6 is 0 Å². The van der Waals surface area contributed by atoms with Crippen molar-refractivity contribution in [3.8, 4) is 11.8 Å². The van der Waals surface area contributed by atoms with Crippen LogP contribution < -0.4 is 0 Å². The van der Waals surface area contributed by atoms with E-state index in [0.29, 0.717) is 0 Å². The topological polar surface area (TPSA) is 48.4 Å². The fourth-order valence-electron chi connectivity index (χ4n) is 1.97. The Labute approximate surface area is 106 Å². The predicted octanol–water partition coefficient (Wildman–Crippen LogP) is 3.77. The summed E-state index contributed by atoms with van der Waals surface area (Å²) in [7, 11) is 0. The standard InChI is InChI=1S/C15H12N2O/c16-17-11-15(18)14-8-4-7-13(14)10-9-12-5-2-1-3-6-12/h1-3,5-6,11H,4,7-8H2/p+1/b15-11-. The lowest BCUT2D eigenvalue weighted by molar-refractivity contribution is 0.420. The van der Waals surface area contributed by atoms with Gasteiger partial charge in [0.2, 0.25) is 11.2 Å². The maximum atomic E-state index is 9.70. The van der Waals surface area contributed by atoms with Crippen LogP contribution in [0.2, 0.25) is 0 Å². The second kappa shape index (κ2) is 5.70. The maximum Gasteiger partial charge on any atom is 0.391 e. The lowest BCUT2D eigenvalue weighted by Crippen LogP contribution is -1.87. The predicted molar refractivity (Wildman–Crippen MR) is 70.0 cm³/mol. The van der Waals surface area contributed by atoms with Gasteiger partial charge in [-0.2, -0.15) is 0 Å². The minimum atomic E-state index is 0.00682. The molecule has 3 heteroatoms. The third-order valence-corrected chi connectivity index (χ3v) is 2.84. The first-order valence-electron chi connectivity index (χ1n) is 5.84. The Hall–Kier alpha value is -2.52. The van der Waals surface area contributed by atoms with Gasteiger partial charge in [0.25, 0.3) is 0 Å². The number of rotatable bonds is 1. The van der Waals surface area contributed by atoms with E-state index in [9.17, 15) is 5.11 Å². The summed E-state index contributed by atoms with van der Waals surface area (Å²) in [5, 5.41) is 18.1. The first-order valence-corrected chi connectivity index (χ1v) is 5.84. The molecule has 18 heavy (non-hydrogen) atoms. The minimum absolute atomic E-state index is 0.00682. The molecule has 0 spiro atoms. The molecule has 1 aromatic carbocycles. The zero-order valence-electron chi connectivity index (χ0n) is 9.93. The van der Waals surface area contributed by atoms with Crippen LogP contribution in [0.3, 0.4) is 0 Å². The molecule has 88 valence electrons. The molecule has 0 saturated carbocycles. The van der Waals surface area contributed by atoms with Crippen LogP contribution in [-0.2, 0) is 0 Å². The Kier molecular flexibility index (Phi) is 3.79. The van der Waals surface area contributed by atoms with Gasteiger partial charge in [0.1, 0.15) is 0 Å². The van der Waals surface area contributed by atoms with Gasteiger partial charge in [0.05, 0.1) is 0 Å². The molecule has 0 bridgehead atoms. The number of benzene rings is 1. The van der Waals surface area contributed by atoms with Gasteiger partial charge >= 0.3 is 6.20 Å². The second-order valence-electron chi connectivity index (χ2n) is 4.06. The highest BCUT2D eigenvalue weighted by molar-refractivity contribution is 5.48. The highest BCUT2D eigenvalue weighted by atomic mass is 16.3. The summed E-state index contributed by atoms with van der Waals surface area (Å²) in [5.74, 6) is 6.17. The van der Waals surface area contributed by atoms with Gasteiger partial charge < -0.3 is 5.11 Å². The SMILES string of the molecule is N#[N+]/C=C(\O)C1=C(C#Cc2ccccc2)CCC1. The Morgan fingerprint density at radius 3 is 2.72 bits per heavy atom. The summed E-state index contributed by atoms with van der Waals surface area (Å²) < 4.78 is 0. The van der Waals surface area contributed by atoms with Crippen LogP contribution in [0.15, 0.2) is 53.4 Å². The van der Waals surface area contributed by atoms with Crippen molar-refractivity contribution in [3.05, 3.63) is 64.0 Å². The summed E-state index contributed by atoms with van der Waals surface area (Å²) in [6, 6.07) is 9.72. The molecule has 0 saturated heterocycles. The van der Waals surface area contributed by atoms with Gasteiger partial charge in [0, 0.05) is 16.7 Å². The molecule has 1 N–H and O–H groups in total. The molecule has 0 radical (unpaired) electrons. The molecule has 1 aliphatic carbocycles. The molecule has 0 aliphatic heterocycles. The highest BCUT2D eigenvalue weighted by Gasteiger charge is 2.18. The number of hydrogen-bond acceptors (Lipinski definition) is 2. The monoisotopic (exact) mass is 237 g/mol. The molecular weight excluding hydrogens is 224 g/mol. The van der Waals surface area contributed by atoms with Crippen molar-refractivity contribution in [3.63, 3.8) is 0 Å². The number of diazo groups is 1. The molecule has 0 unspecified atom stereocenters. The van der Waals surface area contributed by atoms with Crippen molar-refractivity contribution >= 4 is 0 Å². The van der Waals surface area contributed by atoms with E-state index in [2.05, 4.69) is 16.8 Å². The lowest BCUT2D eigenvalue weighted by atomic mass is 10.1. The average Bonchev–Trinajstić information content (AvgIpc) is 2.86. The van der Waals surface area contributed by atoms with Crippen molar-refractivity contribution in [1.82, 2.24) is 0 Å². The maximum absolute atomic E-state index is 9.70. The zero-order chi connectivity index (χ0) is 12.8. The Morgan fingerprint density at radius 1 is 1.22 bits per heavy atom. The van der Waals surface area contributed by atoms with Crippen LogP contribution in [0.4, 0.5) is 0 Å². The molecule has 0 atom stereocenters. The normalized spacial score (nSPS) is 14.9. The van der Waals surface area contributed by atoms with Crippen LogP contribution in [0.25, 0.3) is 4.98 Å². The lowest BCUT2D eigenvalue weighted by Gasteiger charge is -1.96. The van der Waals surface area contributed by atoms with Gasteiger partial charge in [0.15, 0.2) is 4.98 Å². The summed E-state index contributed by atoms with van der Waals surface area (Å²) in [6.07, 6.45) is 3.65. The first kappa shape index (κ1) is 12.0. The van der Waals surface area contributed by atoms with E-state index in [0.717, 1.165) is 42.2 Å². The largest absolute Gasteiger partial charge is 0.502 e. The molecule has 0 fully saturated rings. The quantitative estimate of drug-likeness (QED) is 0.459. The van der Waals surface area contributed by atoms with Crippen LogP contribution in [0.5, 0.6) is 0 Å². The first-order chi connectivity index (χ1) is 8.81.